The van der Waals surface area contributed by atoms with E-state index in [2.05, 4.69) is 20.1 Å². The van der Waals surface area contributed by atoms with Crippen LogP contribution in [-0.2, 0) is 4.74 Å². The van der Waals surface area contributed by atoms with Crippen LogP contribution in [0.25, 0.3) is 0 Å². The number of urea groups is 1. The summed E-state index contributed by atoms with van der Waals surface area (Å²) in [4.78, 5) is 29.5. The van der Waals surface area contributed by atoms with E-state index in [0.717, 1.165) is 12.8 Å². The monoisotopic (exact) mass is 335 g/mol. The first-order valence-electron chi connectivity index (χ1n) is 7.24. The van der Waals surface area contributed by atoms with Crippen molar-refractivity contribution in [2.24, 2.45) is 0 Å². The Morgan fingerprint density at radius 2 is 2.35 bits per heavy atom. The lowest BCUT2D eigenvalue weighted by atomic mass is 10.1. The van der Waals surface area contributed by atoms with Gasteiger partial charge < -0.3 is 9.64 Å². The molecule has 2 aromatic heterocycles. The first kappa shape index (κ1) is 15.5. The molecule has 0 spiro atoms. The van der Waals surface area contributed by atoms with E-state index >= 15 is 0 Å². The molecule has 1 saturated heterocycles. The van der Waals surface area contributed by atoms with Crippen molar-refractivity contribution in [2.45, 2.75) is 18.9 Å². The molecular formula is C14H17N5O3S. The van der Waals surface area contributed by atoms with Crippen LogP contribution < -0.4 is 5.32 Å². The minimum absolute atomic E-state index is 0.144. The quantitative estimate of drug-likeness (QED) is 0.867. The van der Waals surface area contributed by atoms with Crippen molar-refractivity contribution in [1.82, 2.24) is 19.7 Å². The topological polar surface area (TPSA) is 89.4 Å². The van der Waals surface area contributed by atoms with Crippen molar-refractivity contribution < 1.29 is 14.3 Å². The Hall–Kier alpha value is -2.42. The van der Waals surface area contributed by atoms with Gasteiger partial charge in [-0.25, -0.2) is 19.3 Å². The number of methoxy groups -OCH3 is 1. The van der Waals surface area contributed by atoms with E-state index in [1.807, 2.05) is 0 Å². The fourth-order valence-electron chi connectivity index (χ4n) is 2.57. The van der Waals surface area contributed by atoms with E-state index in [1.165, 1.54) is 24.8 Å². The number of rotatable bonds is 3. The summed E-state index contributed by atoms with van der Waals surface area (Å²) in [6, 6.07) is 1.59. The molecule has 0 aromatic carbocycles. The number of aromatic nitrogens is 3. The van der Waals surface area contributed by atoms with Gasteiger partial charge in [-0.1, -0.05) is 0 Å². The van der Waals surface area contributed by atoms with Gasteiger partial charge in [-0.15, -0.1) is 11.3 Å². The third kappa shape index (κ3) is 3.50. The molecule has 3 heterocycles. The highest BCUT2D eigenvalue weighted by molar-refractivity contribution is 7.14. The van der Waals surface area contributed by atoms with Gasteiger partial charge in [-0.05, 0) is 18.9 Å². The Morgan fingerprint density at radius 1 is 1.48 bits per heavy atom. The second-order valence-corrected chi connectivity index (χ2v) is 6.15. The molecule has 1 aliphatic heterocycles. The predicted octanol–water partition coefficient (Wildman–Crippen LogP) is 2.00. The van der Waals surface area contributed by atoms with E-state index in [-0.39, 0.29) is 12.1 Å². The summed E-state index contributed by atoms with van der Waals surface area (Å²) in [5.74, 6) is -0.411. The van der Waals surface area contributed by atoms with Crippen molar-refractivity contribution in [3.05, 3.63) is 29.7 Å². The van der Waals surface area contributed by atoms with Gasteiger partial charge in [-0.2, -0.15) is 5.10 Å². The number of likely N-dealkylation sites (tertiary alicyclic amines) is 1. The van der Waals surface area contributed by atoms with E-state index < -0.39 is 5.97 Å². The summed E-state index contributed by atoms with van der Waals surface area (Å²) in [6.07, 6.45) is 5.06. The highest BCUT2D eigenvalue weighted by Crippen LogP contribution is 2.24. The van der Waals surface area contributed by atoms with Crippen LogP contribution in [0.15, 0.2) is 24.1 Å². The van der Waals surface area contributed by atoms with Crippen molar-refractivity contribution in [2.75, 3.05) is 25.5 Å². The first-order chi connectivity index (χ1) is 11.2. The second-order valence-electron chi connectivity index (χ2n) is 5.24. The van der Waals surface area contributed by atoms with Crippen LogP contribution in [-0.4, -0.2) is 51.9 Å². The summed E-state index contributed by atoms with van der Waals surface area (Å²) >= 11 is 1.30. The van der Waals surface area contributed by atoms with E-state index in [1.54, 1.807) is 27.4 Å². The number of hydrogen-bond donors (Lipinski definition) is 1. The standard InChI is InChI=1S/C14H17N5O3S/c1-22-13(20)10-5-12(23-7-10)17-14(21)18-4-2-3-11(6-18)19-9-15-8-16-19/h5,7-9,11H,2-4,6H2,1H3,(H,17,21)/t11-/m1/s1. The fourth-order valence-corrected chi connectivity index (χ4v) is 3.33. The van der Waals surface area contributed by atoms with Crippen LogP contribution in [0.4, 0.5) is 9.80 Å². The first-order valence-corrected chi connectivity index (χ1v) is 8.12. The van der Waals surface area contributed by atoms with Crippen molar-refractivity contribution >= 4 is 28.3 Å². The molecule has 0 unspecified atom stereocenters. The molecule has 0 aliphatic carbocycles. The minimum atomic E-state index is -0.411. The highest BCUT2D eigenvalue weighted by atomic mass is 32.1. The zero-order chi connectivity index (χ0) is 16.2. The molecule has 122 valence electrons. The van der Waals surface area contributed by atoms with E-state index in [0.29, 0.717) is 23.7 Å². The number of hydrogen-bond acceptors (Lipinski definition) is 6. The largest absolute Gasteiger partial charge is 0.465 e. The maximum atomic E-state index is 12.4. The molecule has 1 aliphatic rings. The Balaban J connectivity index is 1.61. The van der Waals surface area contributed by atoms with Crippen LogP contribution in [0.3, 0.4) is 0 Å². The zero-order valence-corrected chi connectivity index (χ0v) is 13.5. The molecule has 1 N–H and O–H groups in total. The maximum absolute atomic E-state index is 12.4. The van der Waals surface area contributed by atoms with Crippen molar-refractivity contribution in [1.29, 1.82) is 0 Å². The number of nitrogens with zero attached hydrogens (tertiary/aromatic N) is 4. The zero-order valence-electron chi connectivity index (χ0n) is 12.6. The average molecular weight is 335 g/mol. The summed E-state index contributed by atoms with van der Waals surface area (Å²) in [6.45, 7) is 1.29. The van der Waals surface area contributed by atoms with Gasteiger partial charge >= 0.3 is 12.0 Å². The summed E-state index contributed by atoms with van der Waals surface area (Å²) < 4.78 is 6.45. The van der Waals surface area contributed by atoms with Crippen LogP contribution in [0.1, 0.15) is 29.2 Å². The Morgan fingerprint density at radius 3 is 3.09 bits per heavy atom. The number of anilines is 1. The molecule has 0 radical (unpaired) electrons. The number of esters is 1. The Labute approximate surface area is 137 Å². The van der Waals surface area contributed by atoms with Gasteiger partial charge in [0.05, 0.1) is 23.7 Å². The van der Waals surface area contributed by atoms with Gasteiger partial charge in [0, 0.05) is 18.5 Å². The van der Waals surface area contributed by atoms with Gasteiger partial charge in [0.2, 0.25) is 0 Å². The van der Waals surface area contributed by atoms with Crippen LogP contribution in [0, 0.1) is 0 Å². The van der Waals surface area contributed by atoms with Crippen molar-refractivity contribution in [3.8, 4) is 0 Å². The lowest BCUT2D eigenvalue weighted by molar-refractivity contribution is 0.0601. The second kappa shape index (κ2) is 6.78. The smallest absolute Gasteiger partial charge is 0.338 e. The van der Waals surface area contributed by atoms with Gasteiger partial charge in [0.1, 0.15) is 12.7 Å². The molecular weight excluding hydrogens is 318 g/mol. The van der Waals surface area contributed by atoms with Crippen LogP contribution in [0.2, 0.25) is 0 Å². The third-order valence-electron chi connectivity index (χ3n) is 3.75. The lowest BCUT2D eigenvalue weighted by Crippen LogP contribution is -2.43. The Kier molecular flexibility index (Phi) is 4.56. The molecule has 3 rings (SSSR count). The normalized spacial score (nSPS) is 17.8. The fraction of sp³-hybridized carbons (Fsp3) is 0.429. The SMILES string of the molecule is COC(=O)c1csc(NC(=O)N2CCC[C@@H](n3cncn3)C2)c1. The van der Waals surface area contributed by atoms with Crippen molar-refractivity contribution in [3.63, 3.8) is 0 Å². The van der Waals surface area contributed by atoms with Gasteiger partial charge in [0.25, 0.3) is 0 Å². The molecule has 8 nitrogen and oxygen atoms in total. The number of carbonyl (C=O) groups is 2. The molecule has 1 fully saturated rings. The third-order valence-corrected chi connectivity index (χ3v) is 4.59. The van der Waals surface area contributed by atoms with E-state index in [4.69, 9.17) is 0 Å². The average Bonchev–Trinajstić information content (AvgIpc) is 3.26. The summed E-state index contributed by atoms with van der Waals surface area (Å²) in [5, 5.41) is 9.26. The maximum Gasteiger partial charge on any atom is 0.338 e. The van der Waals surface area contributed by atoms with Crippen LogP contribution >= 0.6 is 11.3 Å². The van der Waals surface area contributed by atoms with Crippen LogP contribution in [0.5, 0.6) is 0 Å². The predicted molar refractivity (Wildman–Crippen MR) is 84.5 cm³/mol. The molecule has 0 saturated carbocycles. The molecule has 9 heteroatoms. The highest BCUT2D eigenvalue weighted by Gasteiger charge is 2.25. The molecule has 0 bridgehead atoms. The molecule has 2 amide bonds. The molecule has 2 aromatic rings. The summed E-state index contributed by atoms with van der Waals surface area (Å²) in [7, 11) is 1.33. The summed E-state index contributed by atoms with van der Waals surface area (Å²) in [5.41, 5.74) is 0.437. The number of amides is 2. The van der Waals surface area contributed by atoms with Gasteiger partial charge in [0.15, 0.2) is 0 Å². The number of piperidine rings is 1. The number of nitrogens with one attached hydrogen (secondary N) is 1. The van der Waals surface area contributed by atoms with E-state index in [9.17, 15) is 9.59 Å². The number of ether oxygens (including phenoxy) is 1. The molecule has 1 atom stereocenters. The number of thiophene rings is 1. The Bertz CT molecular complexity index is 684. The number of carbonyl (C=O) groups excluding carboxylic acids is 2. The van der Waals surface area contributed by atoms with Gasteiger partial charge in [-0.3, -0.25) is 5.32 Å². The molecule has 23 heavy (non-hydrogen) atoms. The minimum Gasteiger partial charge on any atom is -0.465 e. The lowest BCUT2D eigenvalue weighted by Gasteiger charge is -2.32.